The number of likely N-dealkylation sites (N-methyl/N-ethyl adjacent to an activating group) is 1. The first-order valence-corrected chi connectivity index (χ1v) is 24.9. The second kappa shape index (κ2) is 25.1. The number of amides is 3. The molecule has 0 radical (unpaired) electrons. The number of halogens is 1. The highest BCUT2D eigenvalue weighted by Crippen LogP contribution is 2.40. The summed E-state index contributed by atoms with van der Waals surface area (Å²) in [5.74, 6) is 1.87. The number of fused-ring (bicyclic) bond motifs is 2. The van der Waals surface area contributed by atoms with Crippen LogP contribution in [-0.2, 0) is 42.1 Å². The number of nitrogens with zero attached hydrogens (tertiary/aromatic N) is 11. The Morgan fingerprint density at radius 2 is 1.62 bits per heavy atom. The van der Waals surface area contributed by atoms with Gasteiger partial charge in [0.15, 0.2) is 22.8 Å². The van der Waals surface area contributed by atoms with Crippen LogP contribution in [0, 0.1) is 0 Å². The summed E-state index contributed by atoms with van der Waals surface area (Å²) in [6.45, 7) is 9.28. The molecule has 25 heteroatoms. The number of ether oxygens (including phenoxy) is 6. The van der Waals surface area contributed by atoms with Gasteiger partial charge in [0.2, 0.25) is 23.7 Å². The van der Waals surface area contributed by atoms with Crippen LogP contribution >= 0.6 is 0 Å². The molecule has 1 aromatic carbocycles. The molecule has 1 saturated carbocycles. The van der Waals surface area contributed by atoms with Gasteiger partial charge in [0, 0.05) is 38.8 Å². The minimum Gasteiger partial charge on any atom is -0.495 e. The molecule has 0 bridgehead atoms. The number of carbonyl (C=O) groups excluding carboxylic acids is 3. The first-order chi connectivity index (χ1) is 36.0. The Kier molecular flexibility index (Phi) is 18.0. The van der Waals surface area contributed by atoms with Gasteiger partial charge in [-0.1, -0.05) is 26.3 Å². The Labute approximate surface area is 428 Å². The highest BCUT2D eigenvalue weighted by Gasteiger charge is 2.41. The van der Waals surface area contributed by atoms with E-state index in [4.69, 9.17) is 33.4 Å². The van der Waals surface area contributed by atoms with Crippen LogP contribution in [0.15, 0.2) is 49.6 Å². The Morgan fingerprint density at radius 1 is 0.892 bits per heavy atom. The maximum atomic E-state index is 14.9. The Morgan fingerprint density at radius 3 is 2.32 bits per heavy atom. The van der Waals surface area contributed by atoms with E-state index in [-0.39, 0.29) is 42.9 Å². The average molecular weight is 1030 g/mol. The third-order valence-corrected chi connectivity index (χ3v) is 13.0. The minimum absolute atomic E-state index is 0.00199. The number of hydrogen-bond donors (Lipinski definition) is 4. The summed E-state index contributed by atoms with van der Waals surface area (Å²) < 4.78 is 52.2. The first-order valence-electron chi connectivity index (χ1n) is 24.9. The summed E-state index contributed by atoms with van der Waals surface area (Å²) in [5.41, 5.74) is 3.26. The third-order valence-electron chi connectivity index (χ3n) is 13.0. The molecule has 1 aliphatic carbocycles. The zero-order chi connectivity index (χ0) is 52.1. The zero-order valence-corrected chi connectivity index (χ0v) is 42.6. The van der Waals surface area contributed by atoms with Crippen molar-refractivity contribution in [3.8, 4) is 11.6 Å². The highest BCUT2D eigenvalue weighted by molar-refractivity contribution is 6.04. The fraction of sp³-hybridized carbons (Fsp3) is 0.531. The molecule has 4 aromatic heterocycles. The maximum absolute atomic E-state index is 14.9. The molecule has 8 rings (SSSR count). The van der Waals surface area contributed by atoms with E-state index < -0.39 is 18.1 Å². The summed E-state index contributed by atoms with van der Waals surface area (Å²) in [4.78, 5) is 66.9. The van der Waals surface area contributed by atoms with Gasteiger partial charge in [0.05, 0.1) is 111 Å². The molecule has 2 aliphatic heterocycles. The third kappa shape index (κ3) is 12.6. The number of hydrogen-bond acceptors (Lipinski definition) is 19. The second-order valence-electron chi connectivity index (χ2n) is 17.9. The summed E-state index contributed by atoms with van der Waals surface area (Å²) in [7, 11) is 6.62. The van der Waals surface area contributed by atoms with Crippen molar-refractivity contribution in [2.75, 3.05) is 119 Å². The smallest absolute Gasteiger partial charge is 0.256 e. The molecule has 74 heavy (non-hydrogen) atoms. The molecule has 2 fully saturated rings. The quantitative estimate of drug-likeness (QED) is 0.0432. The van der Waals surface area contributed by atoms with E-state index in [2.05, 4.69) is 57.8 Å². The molecule has 0 spiro atoms. The molecule has 0 unspecified atom stereocenters. The van der Waals surface area contributed by atoms with Crippen LogP contribution in [0.25, 0.3) is 11.2 Å². The zero-order valence-electron chi connectivity index (χ0n) is 42.6. The molecule has 4 N–H and O–H groups in total. The molecular formula is C49H66FN15O9. The van der Waals surface area contributed by atoms with Crippen LogP contribution in [0.3, 0.4) is 0 Å². The molecule has 3 atom stereocenters. The van der Waals surface area contributed by atoms with E-state index in [9.17, 15) is 18.8 Å². The SMILES string of the molecule is C=CC(=O)N[C@@H]1CN(c2nc(Nc3cn(CCOCCOCCOCCOCCNC(=O)c4ccc(Nc5ncc6c(n5)N(C5CCCC5)[C@H](CC)C(=O)N6C)c(OC)c4)nc3OC)c3ncn(C)c3n2)C[C@H]1F. The van der Waals surface area contributed by atoms with E-state index in [0.29, 0.717) is 130 Å². The van der Waals surface area contributed by atoms with Gasteiger partial charge in [-0.3, -0.25) is 19.1 Å². The van der Waals surface area contributed by atoms with Crippen molar-refractivity contribution in [1.82, 2.24) is 49.9 Å². The average Bonchev–Trinajstić information content (AvgIpc) is 4.24. The van der Waals surface area contributed by atoms with Crippen molar-refractivity contribution in [3.63, 3.8) is 0 Å². The molecule has 1 saturated heterocycles. The van der Waals surface area contributed by atoms with Crippen molar-refractivity contribution >= 4 is 69.5 Å². The van der Waals surface area contributed by atoms with Gasteiger partial charge >= 0.3 is 0 Å². The van der Waals surface area contributed by atoms with Gasteiger partial charge in [-0.25, -0.2) is 14.4 Å². The van der Waals surface area contributed by atoms with Gasteiger partial charge in [0.1, 0.15) is 29.3 Å². The van der Waals surface area contributed by atoms with Crippen molar-refractivity contribution in [2.45, 2.75) is 69.9 Å². The molecule has 24 nitrogen and oxygen atoms in total. The van der Waals surface area contributed by atoms with E-state index in [1.807, 2.05) is 6.92 Å². The molecule has 6 heterocycles. The lowest BCUT2D eigenvalue weighted by atomic mass is 10.0. The van der Waals surface area contributed by atoms with Gasteiger partial charge < -0.3 is 69.0 Å². The predicted molar refractivity (Wildman–Crippen MR) is 274 cm³/mol. The normalized spacial score (nSPS) is 17.7. The van der Waals surface area contributed by atoms with Crippen LogP contribution in [0.1, 0.15) is 49.4 Å². The minimum atomic E-state index is -1.32. The van der Waals surface area contributed by atoms with Crippen molar-refractivity contribution < 1.29 is 47.2 Å². The number of nitrogens with one attached hydrogen (secondary N) is 4. The topological polar surface area (TPSA) is 252 Å². The number of rotatable bonds is 27. The van der Waals surface area contributed by atoms with Crippen LogP contribution in [0.4, 0.5) is 45.0 Å². The number of imidazole rings is 1. The monoisotopic (exact) mass is 1030 g/mol. The number of aromatic nitrogens is 8. The van der Waals surface area contributed by atoms with E-state index in [1.165, 1.54) is 14.2 Å². The standard InChI is InChI=1S/C49H66FN15O9/c1-7-37-47(68)62(4)38-26-52-48(58-43(38)65(37)32-11-9-10-12-32)56-34-14-13-31(25-39(34)69-5)45(67)51-15-17-71-19-21-73-23-24-74-22-20-72-18-16-64-29-36(46(60-64)70-6)55-42-41-44(61(3)30-53-41)59-49(57-42)63-27-33(50)35(28-63)54-40(66)8-2/h8,13-14,25-26,29-30,32-33,35,37H,2,7,9-12,15-24,27-28H2,1,3-6H3,(H,51,67)(H,54,66)(H,52,56,58)(H,55,57,59)/t33-,35-,37-/m1/s1. The number of alkyl halides is 1. The van der Waals surface area contributed by atoms with Crippen LogP contribution in [0.5, 0.6) is 11.6 Å². The lowest BCUT2D eigenvalue weighted by molar-refractivity contribution is -0.120. The van der Waals surface area contributed by atoms with Crippen LogP contribution in [0.2, 0.25) is 0 Å². The number of aryl methyl sites for hydroxylation is 1. The Bertz CT molecular complexity index is 2740. The molecule has 398 valence electrons. The molecule has 3 amide bonds. The Hall–Kier alpha value is -7.22. The Balaban J connectivity index is 0.689. The van der Waals surface area contributed by atoms with Crippen LogP contribution < -0.4 is 45.4 Å². The lowest BCUT2D eigenvalue weighted by Crippen LogP contribution is -2.55. The largest absolute Gasteiger partial charge is 0.495 e. The predicted octanol–water partition coefficient (Wildman–Crippen LogP) is 3.68. The van der Waals surface area contributed by atoms with E-state index >= 15 is 0 Å². The van der Waals surface area contributed by atoms with Crippen LogP contribution in [-0.4, -0.2) is 175 Å². The summed E-state index contributed by atoms with van der Waals surface area (Å²) in [5, 5.41) is 16.5. The van der Waals surface area contributed by atoms with E-state index in [1.54, 1.807) is 70.1 Å². The van der Waals surface area contributed by atoms with Crippen molar-refractivity contribution in [2.24, 2.45) is 7.05 Å². The number of benzene rings is 1. The van der Waals surface area contributed by atoms with E-state index in [0.717, 1.165) is 37.6 Å². The number of anilines is 7. The van der Waals surface area contributed by atoms with Crippen molar-refractivity contribution in [3.05, 3.63) is 55.1 Å². The number of carbonyl (C=O) groups is 3. The fourth-order valence-corrected chi connectivity index (χ4v) is 9.17. The van der Waals surface area contributed by atoms with Crippen molar-refractivity contribution in [1.29, 1.82) is 0 Å². The molecule has 5 aromatic rings. The summed E-state index contributed by atoms with van der Waals surface area (Å²) >= 11 is 0. The number of methoxy groups -OCH3 is 2. The lowest BCUT2D eigenvalue weighted by Gasteiger charge is -2.43. The molecular weight excluding hydrogens is 962 g/mol. The van der Waals surface area contributed by atoms with Gasteiger partial charge in [-0.15, -0.1) is 5.10 Å². The van der Waals surface area contributed by atoms with Gasteiger partial charge in [0.25, 0.3) is 11.8 Å². The highest BCUT2D eigenvalue weighted by atomic mass is 19.1. The summed E-state index contributed by atoms with van der Waals surface area (Å²) in [6.07, 6.45) is 9.85. The fourth-order valence-electron chi connectivity index (χ4n) is 9.17. The second-order valence-corrected chi connectivity index (χ2v) is 17.9. The summed E-state index contributed by atoms with van der Waals surface area (Å²) in [6, 6.07) is 4.35. The maximum Gasteiger partial charge on any atom is 0.256 e. The molecule has 3 aliphatic rings. The van der Waals surface area contributed by atoms with Gasteiger partial charge in [-0.05, 0) is 43.5 Å². The van der Waals surface area contributed by atoms with Gasteiger partial charge in [-0.2, -0.15) is 15.0 Å². The first kappa shape index (κ1) is 53.1.